The molecule has 0 saturated carbocycles. The standard InChI is InChI=1S/C24H30N2O3/c1-2-3-4-5-6-10-15-26-21-16-19(25-17-18-11-8-7-9-12-18)13-14-20(21)22(27)23(28)24(26)29/h7-9,11-14,16,25,27-28H,2-6,10,15,17H2,1H3. The zero-order chi connectivity index (χ0) is 20.6. The summed E-state index contributed by atoms with van der Waals surface area (Å²) < 4.78 is 1.58. The quantitative estimate of drug-likeness (QED) is 0.403. The van der Waals surface area contributed by atoms with E-state index in [2.05, 4.69) is 12.2 Å². The minimum absolute atomic E-state index is 0.348. The number of unbranched alkanes of at least 4 members (excludes halogenated alkanes) is 5. The van der Waals surface area contributed by atoms with Gasteiger partial charge in [-0.1, -0.05) is 69.4 Å². The number of benzene rings is 2. The van der Waals surface area contributed by atoms with Crippen LogP contribution >= 0.6 is 0 Å². The summed E-state index contributed by atoms with van der Waals surface area (Å²) in [5.74, 6) is -0.924. The molecule has 0 fully saturated rings. The van der Waals surface area contributed by atoms with E-state index in [1.807, 2.05) is 42.5 Å². The molecule has 154 valence electrons. The molecule has 1 aromatic heterocycles. The van der Waals surface area contributed by atoms with Gasteiger partial charge in [0, 0.05) is 24.2 Å². The number of pyridine rings is 1. The van der Waals surface area contributed by atoms with E-state index in [1.165, 1.54) is 19.3 Å². The molecule has 3 rings (SSSR count). The number of aromatic hydroxyl groups is 2. The second-order valence-corrected chi connectivity index (χ2v) is 7.49. The molecular weight excluding hydrogens is 364 g/mol. The Hall–Kier alpha value is -2.95. The van der Waals surface area contributed by atoms with Gasteiger partial charge in [-0.05, 0) is 30.2 Å². The Morgan fingerprint density at radius 3 is 2.38 bits per heavy atom. The van der Waals surface area contributed by atoms with Crippen molar-refractivity contribution in [3.05, 3.63) is 64.4 Å². The molecular formula is C24H30N2O3. The SMILES string of the molecule is CCCCCCCCn1c(=O)c(O)c(O)c2ccc(NCc3ccccc3)cc21. The number of fused-ring (bicyclic) bond motifs is 1. The van der Waals surface area contributed by atoms with E-state index in [1.54, 1.807) is 10.6 Å². The van der Waals surface area contributed by atoms with E-state index in [-0.39, 0.29) is 5.75 Å². The monoisotopic (exact) mass is 394 g/mol. The number of nitrogens with zero attached hydrogens (tertiary/aromatic N) is 1. The third-order valence-corrected chi connectivity index (χ3v) is 5.29. The highest BCUT2D eigenvalue weighted by atomic mass is 16.3. The summed E-state index contributed by atoms with van der Waals surface area (Å²) in [6, 6.07) is 15.5. The van der Waals surface area contributed by atoms with Crippen LogP contribution in [0.4, 0.5) is 5.69 Å². The Morgan fingerprint density at radius 1 is 0.897 bits per heavy atom. The van der Waals surface area contributed by atoms with Crippen molar-refractivity contribution in [1.82, 2.24) is 4.57 Å². The lowest BCUT2D eigenvalue weighted by Crippen LogP contribution is -2.20. The second kappa shape index (κ2) is 10.0. The van der Waals surface area contributed by atoms with E-state index < -0.39 is 11.3 Å². The van der Waals surface area contributed by atoms with Crippen molar-refractivity contribution in [3.8, 4) is 11.5 Å². The fourth-order valence-corrected chi connectivity index (χ4v) is 3.60. The number of nitrogens with one attached hydrogen (secondary N) is 1. The molecule has 0 aliphatic rings. The number of hydrogen-bond donors (Lipinski definition) is 3. The van der Waals surface area contributed by atoms with E-state index in [4.69, 9.17) is 0 Å². The first kappa shape index (κ1) is 20.8. The number of hydrogen-bond acceptors (Lipinski definition) is 4. The summed E-state index contributed by atoms with van der Waals surface area (Å²) in [7, 11) is 0. The highest BCUT2D eigenvalue weighted by Crippen LogP contribution is 2.32. The number of rotatable bonds is 10. The average Bonchev–Trinajstić information content (AvgIpc) is 2.75. The predicted octanol–water partition coefficient (Wildman–Crippen LogP) is 5.39. The van der Waals surface area contributed by atoms with Crippen molar-refractivity contribution >= 4 is 16.6 Å². The number of aromatic nitrogens is 1. The summed E-state index contributed by atoms with van der Waals surface area (Å²) in [6.07, 6.45) is 6.70. The molecule has 0 radical (unpaired) electrons. The van der Waals surface area contributed by atoms with Gasteiger partial charge in [-0.25, -0.2) is 0 Å². The molecule has 5 heteroatoms. The topological polar surface area (TPSA) is 74.5 Å². The van der Waals surface area contributed by atoms with Crippen LogP contribution in [0.1, 0.15) is 51.0 Å². The van der Waals surface area contributed by atoms with Gasteiger partial charge in [-0.15, -0.1) is 0 Å². The van der Waals surface area contributed by atoms with Gasteiger partial charge in [0.15, 0.2) is 5.75 Å². The predicted molar refractivity (Wildman–Crippen MR) is 119 cm³/mol. The van der Waals surface area contributed by atoms with E-state index in [0.29, 0.717) is 24.0 Å². The van der Waals surface area contributed by atoms with Crippen LogP contribution in [0, 0.1) is 0 Å². The van der Waals surface area contributed by atoms with Crippen LogP contribution in [-0.2, 0) is 13.1 Å². The molecule has 0 bridgehead atoms. The Morgan fingerprint density at radius 2 is 1.62 bits per heavy atom. The van der Waals surface area contributed by atoms with Gasteiger partial charge in [-0.3, -0.25) is 4.79 Å². The van der Waals surface area contributed by atoms with Crippen molar-refractivity contribution in [2.45, 2.75) is 58.5 Å². The molecule has 0 atom stereocenters. The first-order chi connectivity index (χ1) is 14.1. The summed E-state index contributed by atoms with van der Waals surface area (Å²) in [5.41, 5.74) is 2.12. The molecule has 29 heavy (non-hydrogen) atoms. The van der Waals surface area contributed by atoms with Gasteiger partial charge in [0.05, 0.1) is 5.52 Å². The minimum Gasteiger partial charge on any atom is -0.504 e. The molecule has 0 aliphatic carbocycles. The molecule has 0 aliphatic heterocycles. The maximum atomic E-state index is 12.6. The van der Waals surface area contributed by atoms with Gasteiger partial charge in [0.1, 0.15) is 0 Å². The van der Waals surface area contributed by atoms with Crippen LogP contribution in [0.3, 0.4) is 0 Å². The normalized spacial score (nSPS) is 11.1. The lowest BCUT2D eigenvalue weighted by Gasteiger charge is -2.15. The highest BCUT2D eigenvalue weighted by molar-refractivity contribution is 5.89. The highest BCUT2D eigenvalue weighted by Gasteiger charge is 2.15. The zero-order valence-electron chi connectivity index (χ0n) is 17.0. The molecule has 0 saturated heterocycles. The molecule has 1 heterocycles. The zero-order valence-corrected chi connectivity index (χ0v) is 17.0. The molecule has 0 unspecified atom stereocenters. The Balaban J connectivity index is 1.82. The summed E-state index contributed by atoms with van der Waals surface area (Å²) in [4.78, 5) is 12.6. The van der Waals surface area contributed by atoms with Crippen molar-refractivity contribution in [1.29, 1.82) is 0 Å². The fraction of sp³-hybridized carbons (Fsp3) is 0.375. The third-order valence-electron chi connectivity index (χ3n) is 5.29. The number of anilines is 1. The maximum Gasteiger partial charge on any atom is 0.297 e. The first-order valence-electron chi connectivity index (χ1n) is 10.5. The largest absolute Gasteiger partial charge is 0.504 e. The van der Waals surface area contributed by atoms with Crippen molar-refractivity contribution in [3.63, 3.8) is 0 Å². The molecule has 3 N–H and O–H groups in total. The van der Waals surface area contributed by atoms with Crippen molar-refractivity contribution in [2.75, 3.05) is 5.32 Å². The van der Waals surface area contributed by atoms with Crippen LogP contribution in [0.2, 0.25) is 0 Å². The Bertz CT molecular complexity index is 996. The van der Waals surface area contributed by atoms with Crippen molar-refractivity contribution < 1.29 is 10.2 Å². The lowest BCUT2D eigenvalue weighted by atomic mass is 10.1. The van der Waals surface area contributed by atoms with Gasteiger partial charge in [0.25, 0.3) is 5.56 Å². The lowest BCUT2D eigenvalue weighted by molar-refractivity contribution is 0.396. The first-order valence-corrected chi connectivity index (χ1v) is 10.5. The van der Waals surface area contributed by atoms with Crippen LogP contribution < -0.4 is 10.9 Å². The van der Waals surface area contributed by atoms with Gasteiger partial charge < -0.3 is 20.1 Å². The Labute approximate surface area is 171 Å². The van der Waals surface area contributed by atoms with Gasteiger partial charge in [-0.2, -0.15) is 0 Å². The third kappa shape index (κ3) is 5.11. The Kier molecular flexibility index (Phi) is 7.17. The molecule has 2 aromatic carbocycles. The van der Waals surface area contributed by atoms with Crippen molar-refractivity contribution in [2.24, 2.45) is 0 Å². The van der Waals surface area contributed by atoms with Gasteiger partial charge in [0.2, 0.25) is 5.75 Å². The number of aryl methyl sites for hydroxylation is 1. The van der Waals surface area contributed by atoms with Crippen LogP contribution in [-0.4, -0.2) is 14.8 Å². The molecule has 3 aromatic rings. The van der Waals surface area contributed by atoms with Gasteiger partial charge >= 0.3 is 0 Å². The van der Waals surface area contributed by atoms with E-state index in [0.717, 1.165) is 30.5 Å². The molecule has 0 amide bonds. The summed E-state index contributed by atoms with van der Waals surface area (Å²) in [5, 5.41) is 24.2. The van der Waals surface area contributed by atoms with E-state index >= 15 is 0 Å². The minimum atomic E-state index is -0.575. The fourth-order valence-electron chi connectivity index (χ4n) is 3.60. The average molecular weight is 395 g/mol. The maximum absolute atomic E-state index is 12.6. The summed E-state index contributed by atoms with van der Waals surface area (Å²) in [6.45, 7) is 3.38. The van der Waals surface area contributed by atoms with Crippen LogP contribution in [0.25, 0.3) is 10.9 Å². The smallest absolute Gasteiger partial charge is 0.297 e. The van der Waals surface area contributed by atoms with Crippen LogP contribution in [0.5, 0.6) is 11.5 Å². The molecule has 0 spiro atoms. The van der Waals surface area contributed by atoms with Crippen LogP contribution in [0.15, 0.2) is 53.3 Å². The molecule has 5 nitrogen and oxygen atoms in total. The summed E-state index contributed by atoms with van der Waals surface area (Å²) >= 11 is 0. The second-order valence-electron chi connectivity index (χ2n) is 7.49. The van der Waals surface area contributed by atoms with E-state index in [9.17, 15) is 15.0 Å².